The van der Waals surface area contributed by atoms with Crippen molar-refractivity contribution in [3.63, 3.8) is 0 Å². The number of halogens is 1. The molecule has 0 saturated carbocycles. The van der Waals surface area contributed by atoms with E-state index in [4.69, 9.17) is 9.72 Å². The van der Waals surface area contributed by atoms with E-state index in [0.717, 1.165) is 30.5 Å². The molecule has 0 spiro atoms. The third-order valence-corrected chi connectivity index (χ3v) is 5.30. The van der Waals surface area contributed by atoms with Crippen LogP contribution >= 0.6 is 0 Å². The number of rotatable bonds is 0. The molecule has 0 radical (unpaired) electrons. The Bertz CT molecular complexity index is 1100. The van der Waals surface area contributed by atoms with Crippen molar-refractivity contribution in [3.8, 4) is 5.88 Å². The number of pyridine rings is 1. The molecule has 2 atom stereocenters. The average molecular weight is 382 g/mol. The topological polar surface area (TPSA) is 84.7 Å². The van der Waals surface area contributed by atoms with E-state index in [2.05, 4.69) is 20.3 Å². The van der Waals surface area contributed by atoms with Gasteiger partial charge in [-0.1, -0.05) is 0 Å². The Kier molecular flexibility index (Phi) is 3.71. The maximum atomic E-state index is 14.0. The highest BCUT2D eigenvalue weighted by Gasteiger charge is 2.31. The maximum absolute atomic E-state index is 14.0. The molecule has 2 aliphatic heterocycles. The third-order valence-electron chi connectivity index (χ3n) is 5.30. The minimum atomic E-state index is -0.416. The zero-order valence-electron chi connectivity index (χ0n) is 15.5. The molecule has 3 aromatic heterocycles. The summed E-state index contributed by atoms with van der Waals surface area (Å²) in [6, 6.07) is 0.984. The van der Waals surface area contributed by atoms with E-state index in [-0.39, 0.29) is 24.6 Å². The van der Waals surface area contributed by atoms with Crippen molar-refractivity contribution in [1.82, 2.24) is 24.9 Å². The number of aromatic nitrogens is 4. The number of hydrogen-bond acceptors (Lipinski definition) is 6. The highest BCUT2D eigenvalue weighted by molar-refractivity contribution is 6.00. The highest BCUT2D eigenvalue weighted by Crippen LogP contribution is 2.37. The maximum Gasteiger partial charge on any atom is 0.257 e. The first-order valence-corrected chi connectivity index (χ1v) is 9.24. The fourth-order valence-electron chi connectivity index (χ4n) is 3.83. The normalized spacial score (nSPS) is 21.5. The van der Waals surface area contributed by atoms with E-state index in [1.807, 2.05) is 20.0 Å². The molecule has 1 N–H and O–H groups in total. The molecule has 0 unspecified atom stereocenters. The SMILES string of the molecule is C[C@@H]1COc2ncc(F)cc2[C@@H](C)N2CCc3cn4ncc(c4nc32)C(=O)N1. The van der Waals surface area contributed by atoms with E-state index in [9.17, 15) is 9.18 Å². The molecule has 5 rings (SSSR count). The van der Waals surface area contributed by atoms with Crippen molar-refractivity contribution < 1.29 is 13.9 Å². The van der Waals surface area contributed by atoms with Gasteiger partial charge in [-0.05, 0) is 26.3 Å². The number of hydrogen-bond donors (Lipinski definition) is 1. The van der Waals surface area contributed by atoms with Gasteiger partial charge in [0.15, 0.2) is 5.65 Å². The molecule has 1 amide bonds. The Labute approximate surface area is 160 Å². The third kappa shape index (κ3) is 2.57. The second kappa shape index (κ2) is 6.15. The monoisotopic (exact) mass is 382 g/mol. The van der Waals surface area contributed by atoms with Crippen molar-refractivity contribution in [2.24, 2.45) is 0 Å². The number of ether oxygens (including phenoxy) is 1. The number of anilines is 1. The highest BCUT2D eigenvalue weighted by atomic mass is 19.1. The zero-order chi connectivity index (χ0) is 19.4. The fraction of sp³-hybridized carbons (Fsp3) is 0.368. The molecule has 3 aromatic rings. The molecular weight excluding hydrogens is 363 g/mol. The number of nitrogens with zero attached hydrogens (tertiary/aromatic N) is 5. The van der Waals surface area contributed by atoms with Gasteiger partial charge in [0.05, 0.1) is 24.5 Å². The van der Waals surface area contributed by atoms with Crippen LogP contribution in [0.1, 0.15) is 41.4 Å². The number of carbonyl (C=O) groups is 1. The molecular formula is C19H19FN6O2. The van der Waals surface area contributed by atoms with E-state index in [1.165, 1.54) is 12.3 Å². The quantitative estimate of drug-likeness (QED) is 0.639. The Hall–Kier alpha value is -3.23. The summed E-state index contributed by atoms with van der Waals surface area (Å²) in [6.45, 7) is 4.76. The van der Waals surface area contributed by atoms with Gasteiger partial charge in [0.2, 0.25) is 5.88 Å². The second-order valence-electron chi connectivity index (χ2n) is 7.27. The molecule has 0 aromatic carbocycles. The Morgan fingerprint density at radius 2 is 2.18 bits per heavy atom. The van der Waals surface area contributed by atoms with Gasteiger partial charge in [0.25, 0.3) is 5.91 Å². The molecule has 8 nitrogen and oxygen atoms in total. The lowest BCUT2D eigenvalue weighted by atomic mass is 10.1. The first kappa shape index (κ1) is 16.9. The van der Waals surface area contributed by atoms with Crippen LogP contribution in [0, 0.1) is 5.82 Å². The Morgan fingerprint density at radius 3 is 3.04 bits per heavy atom. The van der Waals surface area contributed by atoms with Crippen molar-refractivity contribution in [1.29, 1.82) is 0 Å². The number of amides is 1. The van der Waals surface area contributed by atoms with E-state index >= 15 is 0 Å². The van der Waals surface area contributed by atoms with Crippen LogP contribution in [0.4, 0.5) is 10.2 Å². The lowest BCUT2D eigenvalue weighted by Gasteiger charge is -2.27. The zero-order valence-corrected chi connectivity index (χ0v) is 15.5. The van der Waals surface area contributed by atoms with Gasteiger partial charge in [-0.25, -0.2) is 18.9 Å². The predicted molar refractivity (Wildman–Crippen MR) is 99.1 cm³/mol. The molecule has 5 heterocycles. The number of carbonyl (C=O) groups excluding carboxylic acids is 1. The molecule has 144 valence electrons. The summed E-state index contributed by atoms with van der Waals surface area (Å²) < 4.78 is 21.4. The van der Waals surface area contributed by atoms with Crippen LogP contribution in [0.3, 0.4) is 0 Å². The molecule has 28 heavy (non-hydrogen) atoms. The van der Waals surface area contributed by atoms with Crippen LogP contribution < -0.4 is 15.0 Å². The van der Waals surface area contributed by atoms with Gasteiger partial charge in [-0.3, -0.25) is 4.79 Å². The minimum absolute atomic E-state index is 0.194. The summed E-state index contributed by atoms with van der Waals surface area (Å²) in [5.41, 5.74) is 2.60. The fourth-order valence-corrected chi connectivity index (χ4v) is 3.83. The van der Waals surface area contributed by atoms with Crippen molar-refractivity contribution in [2.45, 2.75) is 32.4 Å². The molecule has 0 fully saturated rings. The van der Waals surface area contributed by atoms with Gasteiger partial charge in [-0.15, -0.1) is 0 Å². The Balaban J connectivity index is 1.70. The van der Waals surface area contributed by atoms with E-state index in [1.54, 1.807) is 4.52 Å². The summed E-state index contributed by atoms with van der Waals surface area (Å²) in [6.07, 6.45) is 5.37. The van der Waals surface area contributed by atoms with Gasteiger partial charge in [-0.2, -0.15) is 5.10 Å². The largest absolute Gasteiger partial charge is 0.475 e. The summed E-state index contributed by atoms with van der Waals surface area (Å²) in [5.74, 6) is 0.465. The lowest BCUT2D eigenvalue weighted by Crippen LogP contribution is -2.37. The van der Waals surface area contributed by atoms with Crippen LogP contribution in [0.15, 0.2) is 24.7 Å². The van der Waals surface area contributed by atoms with Crippen LogP contribution in [-0.4, -0.2) is 44.7 Å². The van der Waals surface area contributed by atoms with Gasteiger partial charge in [0.1, 0.15) is 23.8 Å². The molecule has 0 saturated heterocycles. The standard InChI is InChI=1S/C19H19FN6O2/c1-10-9-28-19-14(5-13(20)6-21-19)11(2)25-4-3-12-8-26-17(24-16(12)25)15(7-22-26)18(27)23-10/h5-8,10-11H,3-4,9H2,1-2H3,(H,23,27)/t10-,11-/m1/s1. The van der Waals surface area contributed by atoms with Crippen molar-refractivity contribution in [3.05, 3.63) is 47.2 Å². The van der Waals surface area contributed by atoms with E-state index in [0.29, 0.717) is 22.7 Å². The summed E-state index contributed by atoms with van der Waals surface area (Å²) in [4.78, 5) is 23.7. The summed E-state index contributed by atoms with van der Waals surface area (Å²) in [7, 11) is 0. The minimum Gasteiger partial charge on any atom is -0.475 e. The second-order valence-corrected chi connectivity index (χ2v) is 7.27. The van der Waals surface area contributed by atoms with Crippen LogP contribution in [-0.2, 0) is 6.42 Å². The summed E-state index contributed by atoms with van der Waals surface area (Å²) >= 11 is 0. The van der Waals surface area contributed by atoms with Crippen LogP contribution in [0.25, 0.3) is 5.65 Å². The smallest absolute Gasteiger partial charge is 0.257 e. The number of fused-ring (bicyclic) bond motifs is 1. The van der Waals surface area contributed by atoms with Crippen LogP contribution in [0.2, 0.25) is 0 Å². The first-order chi connectivity index (χ1) is 13.5. The average Bonchev–Trinajstić information content (AvgIpc) is 3.27. The van der Waals surface area contributed by atoms with Gasteiger partial charge >= 0.3 is 0 Å². The lowest BCUT2D eigenvalue weighted by molar-refractivity contribution is 0.0927. The molecule has 2 bridgehead atoms. The molecule has 0 aliphatic carbocycles. The Morgan fingerprint density at radius 1 is 1.32 bits per heavy atom. The van der Waals surface area contributed by atoms with Gasteiger partial charge in [0, 0.05) is 23.9 Å². The summed E-state index contributed by atoms with van der Waals surface area (Å²) in [5, 5.41) is 7.18. The van der Waals surface area contributed by atoms with E-state index < -0.39 is 5.82 Å². The van der Waals surface area contributed by atoms with Crippen molar-refractivity contribution in [2.75, 3.05) is 18.1 Å². The molecule has 9 heteroatoms. The van der Waals surface area contributed by atoms with Crippen molar-refractivity contribution >= 4 is 17.4 Å². The predicted octanol–water partition coefficient (Wildman–Crippen LogP) is 1.90. The van der Waals surface area contributed by atoms with Gasteiger partial charge < -0.3 is 15.0 Å². The first-order valence-electron chi connectivity index (χ1n) is 9.24. The molecule has 2 aliphatic rings. The van der Waals surface area contributed by atoms with Crippen LogP contribution in [0.5, 0.6) is 5.88 Å². The number of nitrogens with one attached hydrogen (secondary N) is 1.